The molecule has 0 saturated carbocycles. The van der Waals surface area contributed by atoms with Crippen LogP contribution in [0.25, 0.3) is 0 Å². The van der Waals surface area contributed by atoms with Gasteiger partial charge in [-0.05, 0) is 42.1 Å². The van der Waals surface area contributed by atoms with Gasteiger partial charge in [0.15, 0.2) is 0 Å². The summed E-state index contributed by atoms with van der Waals surface area (Å²) in [6.45, 7) is 0. The standard InChI is InChI=1S/C14H10F4O7S3/c15-13(16,14(17,18)28(23,24)25)26-9-2-1-3-10(7-9)27(21,22)12-5-4-8(19)6-11(12)20/h1-7,19-20H,(H,23,24,25). The molecular formula is C14H10F4O7S3. The Hall–Kier alpha value is -2.03. The molecule has 2 aromatic carbocycles. The van der Waals surface area contributed by atoms with Crippen molar-refractivity contribution in [2.45, 2.75) is 25.2 Å². The Kier molecular flexibility index (Phi) is 5.64. The number of thioether (sulfide) groups is 1. The fraction of sp³-hybridized carbons (Fsp3) is 0.143. The van der Waals surface area contributed by atoms with E-state index < -0.39 is 68.4 Å². The van der Waals surface area contributed by atoms with Gasteiger partial charge in [-0.25, -0.2) is 8.42 Å². The van der Waals surface area contributed by atoms with Crippen molar-refractivity contribution in [3.63, 3.8) is 0 Å². The second-order valence-corrected chi connectivity index (χ2v) is 9.81. The molecule has 0 aliphatic rings. The van der Waals surface area contributed by atoms with Crippen LogP contribution >= 0.6 is 11.8 Å². The summed E-state index contributed by atoms with van der Waals surface area (Å²) in [6, 6.07) is 5.70. The maximum atomic E-state index is 13.7. The molecule has 0 aromatic heterocycles. The molecule has 28 heavy (non-hydrogen) atoms. The van der Waals surface area contributed by atoms with Gasteiger partial charge in [0, 0.05) is 11.0 Å². The Morgan fingerprint density at radius 3 is 2.04 bits per heavy atom. The summed E-state index contributed by atoms with van der Waals surface area (Å²) in [5.74, 6) is -1.30. The normalized spacial score (nSPS) is 13.5. The number of halogens is 4. The molecule has 0 radical (unpaired) electrons. The molecule has 0 heterocycles. The third-order valence-corrected chi connectivity index (χ3v) is 7.09. The van der Waals surface area contributed by atoms with Crippen LogP contribution in [-0.2, 0) is 20.0 Å². The predicted octanol–water partition coefficient (Wildman–Crippen LogP) is 3.10. The lowest BCUT2D eigenvalue weighted by molar-refractivity contribution is -0.0946. The molecule has 154 valence electrons. The Bertz CT molecular complexity index is 1120. The van der Waals surface area contributed by atoms with Gasteiger partial charge in [-0.2, -0.15) is 26.0 Å². The number of hydrogen-bond donors (Lipinski definition) is 3. The minimum absolute atomic E-state index is 0.451. The topological polar surface area (TPSA) is 129 Å². The third kappa shape index (κ3) is 4.04. The molecule has 2 aromatic rings. The summed E-state index contributed by atoms with van der Waals surface area (Å²) in [7, 11) is -11.0. The van der Waals surface area contributed by atoms with Crippen molar-refractivity contribution in [2.24, 2.45) is 0 Å². The van der Waals surface area contributed by atoms with Gasteiger partial charge < -0.3 is 10.2 Å². The van der Waals surface area contributed by atoms with Crippen molar-refractivity contribution in [1.29, 1.82) is 0 Å². The van der Waals surface area contributed by atoms with Crippen LogP contribution in [0.3, 0.4) is 0 Å². The van der Waals surface area contributed by atoms with Crippen LogP contribution in [0.4, 0.5) is 17.6 Å². The molecule has 3 N–H and O–H groups in total. The first-order valence-corrected chi connectivity index (χ1v) is 10.6. The van der Waals surface area contributed by atoms with Gasteiger partial charge >= 0.3 is 20.6 Å². The number of aromatic hydroxyl groups is 2. The fourth-order valence-corrected chi connectivity index (χ4v) is 4.86. The van der Waals surface area contributed by atoms with Crippen LogP contribution in [0, 0.1) is 0 Å². The summed E-state index contributed by atoms with van der Waals surface area (Å²) in [5, 5.41) is 7.72. The van der Waals surface area contributed by atoms with E-state index in [4.69, 9.17) is 4.55 Å². The van der Waals surface area contributed by atoms with Gasteiger partial charge in [0.1, 0.15) is 16.4 Å². The molecule has 0 aliphatic heterocycles. The number of alkyl halides is 4. The first-order valence-electron chi connectivity index (χ1n) is 6.88. The molecule has 2 rings (SSSR count). The largest absolute Gasteiger partial charge is 0.508 e. The molecule has 14 heteroatoms. The van der Waals surface area contributed by atoms with Gasteiger partial charge in [-0.3, -0.25) is 4.55 Å². The highest BCUT2D eigenvalue weighted by Gasteiger charge is 2.66. The molecule has 0 fully saturated rings. The highest BCUT2D eigenvalue weighted by Crippen LogP contribution is 2.49. The van der Waals surface area contributed by atoms with E-state index in [1.807, 2.05) is 0 Å². The summed E-state index contributed by atoms with van der Waals surface area (Å²) in [5.41, 5.74) is 0. The van der Waals surface area contributed by atoms with E-state index in [9.17, 15) is 44.6 Å². The SMILES string of the molecule is O=S(=O)(c1cccc(SC(F)(F)C(F)(F)S(=O)(=O)O)c1)c1ccc(O)cc1O. The number of phenolic OH excluding ortho intramolecular Hbond substituents is 2. The average molecular weight is 462 g/mol. The zero-order chi connectivity index (χ0) is 21.5. The van der Waals surface area contributed by atoms with Gasteiger partial charge in [-0.15, -0.1) is 0 Å². The molecule has 0 unspecified atom stereocenters. The van der Waals surface area contributed by atoms with E-state index in [0.717, 1.165) is 30.3 Å². The second kappa shape index (κ2) is 7.09. The predicted molar refractivity (Wildman–Crippen MR) is 89.0 cm³/mol. The van der Waals surface area contributed by atoms with Gasteiger partial charge in [0.05, 0.1) is 4.90 Å². The highest BCUT2D eigenvalue weighted by atomic mass is 32.2. The maximum absolute atomic E-state index is 13.7. The van der Waals surface area contributed by atoms with Crippen molar-refractivity contribution in [2.75, 3.05) is 0 Å². The van der Waals surface area contributed by atoms with Crippen molar-refractivity contribution in [3.8, 4) is 11.5 Å². The van der Waals surface area contributed by atoms with Crippen molar-refractivity contribution in [1.82, 2.24) is 0 Å². The first kappa shape index (κ1) is 22.3. The molecule has 0 spiro atoms. The van der Waals surface area contributed by atoms with Crippen LogP contribution in [0.2, 0.25) is 0 Å². The molecule has 0 aliphatic carbocycles. The van der Waals surface area contributed by atoms with Crippen molar-refractivity contribution < 1.29 is 49.2 Å². The molecule has 0 amide bonds. The Morgan fingerprint density at radius 1 is 0.893 bits per heavy atom. The number of rotatable bonds is 6. The lowest BCUT2D eigenvalue weighted by Gasteiger charge is -2.23. The number of hydrogen-bond acceptors (Lipinski definition) is 7. The van der Waals surface area contributed by atoms with E-state index in [1.54, 1.807) is 0 Å². The van der Waals surface area contributed by atoms with E-state index in [0.29, 0.717) is 12.1 Å². The van der Waals surface area contributed by atoms with Gasteiger partial charge in [-0.1, -0.05) is 6.07 Å². The van der Waals surface area contributed by atoms with E-state index in [2.05, 4.69) is 0 Å². The number of phenols is 2. The minimum atomic E-state index is -6.45. The van der Waals surface area contributed by atoms with Crippen LogP contribution in [0.15, 0.2) is 57.2 Å². The minimum Gasteiger partial charge on any atom is -0.508 e. The van der Waals surface area contributed by atoms with Gasteiger partial charge in [0.25, 0.3) is 0 Å². The fourth-order valence-electron chi connectivity index (χ4n) is 1.92. The highest BCUT2D eigenvalue weighted by molar-refractivity contribution is 8.01. The summed E-state index contributed by atoms with van der Waals surface area (Å²) < 4.78 is 108. The van der Waals surface area contributed by atoms with E-state index in [1.165, 1.54) is 0 Å². The quantitative estimate of drug-likeness (QED) is 0.339. The molecular weight excluding hydrogens is 452 g/mol. The molecule has 7 nitrogen and oxygen atoms in total. The van der Waals surface area contributed by atoms with Crippen LogP contribution in [0.1, 0.15) is 0 Å². The Morgan fingerprint density at radius 2 is 1.50 bits per heavy atom. The van der Waals surface area contributed by atoms with Crippen molar-refractivity contribution >= 4 is 31.7 Å². The Labute approximate surface area is 160 Å². The Balaban J connectivity index is 2.47. The monoisotopic (exact) mass is 462 g/mol. The first-order chi connectivity index (χ1) is 12.6. The van der Waals surface area contributed by atoms with E-state index >= 15 is 0 Å². The number of benzene rings is 2. The van der Waals surface area contributed by atoms with Crippen molar-refractivity contribution in [3.05, 3.63) is 42.5 Å². The van der Waals surface area contributed by atoms with Crippen LogP contribution in [-0.4, -0.2) is 42.1 Å². The van der Waals surface area contributed by atoms with Crippen LogP contribution in [0.5, 0.6) is 11.5 Å². The summed E-state index contributed by atoms with van der Waals surface area (Å²) in [4.78, 5) is -2.13. The number of sulfone groups is 1. The molecule has 0 atom stereocenters. The lowest BCUT2D eigenvalue weighted by Crippen LogP contribution is -2.44. The summed E-state index contributed by atoms with van der Waals surface area (Å²) >= 11 is -0.978. The maximum Gasteiger partial charge on any atom is 0.442 e. The third-order valence-electron chi connectivity index (χ3n) is 3.26. The molecule has 0 bridgehead atoms. The van der Waals surface area contributed by atoms with Gasteiger partial charge in [0.2, 0.25) is 9.84 Å². The zero-order valence-electron chi connectivity index (χ0n) is 13.3. The van der Waals surface area contributed by atoms with E-state index in [-0.39, 0.29) is 0 Å². The van der Waals surface area contributed by atoms with Crippen LogP contribution < -0.4 is 0 Å². The average Bonchev–Trinajstić information content (AvgIpc) is 2.53. The lowest BCUT2D eigenvalue weighted by atomic mass is 10.3. The summed E-state index contributed by atoms with van der Waals surface area (Å²) in [6.07, 6.45) is 0. The second-order valence-electron chi connectivity index (χ2n) is 5.24. The molecule has 0 saturated heterocycles. The smallest absolute Gasteiger partial charge is 0.442 e. The zero-order valence-corrected chi connectivity index (χ0v) is 15.7.